The third-order valence-corrected chi connectivity index (χ3v) is 7.32. The molecule has 2 heterocycles. The number of aryl methyl sites for hydroxylation is 2. The van der Waals surface area contributed by atoms with Crippen molar-refractivity contribution in [1.82, 2.24) is 4.98 Å². The van der Waals surface area contributed by atoms with Gasteiger partial charge in [-0.2, -0.15) is 0 Å². The molecule has 0 aliphatic heterocycles. The zero-order chi connectivity index (χ0) is 28.3. The summed E-state index contributed by atoms with van der Waals surface area (Å²) in [7, 11) is 0. The quantitative estimate of drug-likeness (QED) is 0.214. The maximum atomic E-state index is 8.50. The van der Waals surface area contributed by atoms with E-state index < -0.39 is 13.7 Å². The molecule has 164 valence electrons. The largest absolute Gasteiger partial charge is 0.455 e. The molecule has 0 fully saturated rings. The SMILES string of the molecule is [2H]C([2H])([2H])c1cnc2c3ccccc3c3ccc4c5ccc6ccc7ccccc7c6c5oc4c3c2c1C([2H])([2H])[2H]. The zero-order valence-electron chi connectivity index (χ0n) is 24.5. The van der Waals surface area contributed by atoms with Gasteiger partial charge < -0.3 is 4.42 Å². The molecule has 0 N–H and O–H groups in total. The Balaban J connectivity index is 1.70. The molecule has 0 bridgehead atoms. The molecule has 0 saturated heterocycles. The van der Waals surface area contributed by atoms with Gasteiger partial charge in [0.05, 0.1) is 5.52 Å². The number of nitrogens with zero attached hydrogens (tertiary/aromatic N) is 1. The Morgan fingerprint density at radius 3 is 2.11 bits per heavy atom. The molecule has 35 heavy (non-hydrogen) atoms. The highest BCUT2D eigenvalue weighted by molar-refractivity contribution is 6.33. The van der Waals surface area contributed by atoms with Crippen LogP contribution in [0.25, 0.3) is 75.9 Å². The molecule has 0 radical (unpaired) electrons. The van der Waals surface area contributed by atoms with Crippen molar-refractivity contribution in [3.8, 4) is 0 Å². The van der Waals surface area contributed by atoms with Gasteiger partial charge in [0, 0.05) is 46.7 Å². The number of furan rings is 1. The van der Waals surface area contributed by atoms with Crippen LogP contribution in [0.2, 0.25) is 0 Å². The summed E-state index contributed by atoms with van der Waals surface area (Å²) in [5, 5.41) is 9.17. The molecular weight excluding hydrogens is 426 g/mol. The van der Waals surface area contributed by atoms with Crippen molar-refractivity contribution in [3.63, 3.8) is 0 Å². The van der Waals surface area contributed by atoms with Crippen molar-refractivity contribution in [2.75, 3.05) is 0 Å². The minimum Gasteiger partial charge on any atom is -0.455 e. The predicted octanol–water partition coefficient (Wildman–Crippen LogP) is 9.36. The summed E-state index contributed by atoms with van der Waals surface area (Å²) < 4.78 is 56.8. The summed E-state index contributed by atoms with van der Waals surface area (Å²) in [6.45, 7) is -5.38. The fourth-order valence-corrected chi connectivity index (χ4v) is 5.74. The fraction of sp³-hybridized carbons (Fsp3) is 0.0606. The van der Waals surface area contributed by atoms with E-state index in [0.717, 1.165) is 48.5 Å². The molecule has 0 saturated carbocycles. The molecule has 8 aromatic rings. The molecule has 2 aromatic heterocycles. The molecule has 0 amide bonds. The van der Waals surface area contributed by atoms with E-state index in [1.807, 2.05) is 54.6 Å². The fourth-order valence-electron chi connectivity index (χ4n) is 5.74. The van der Waals surface area contributed by atoms with Crippen molar-refractivity contribution in [2.24, 2.45) is 0 Å². The lowest BCUT2D eigenvalue weighted by Gasteiger charge is -2.13. The topological polar surface area (TPSA) is 26.0 Å². The molecule has 0 atom stereocenters. The molecular formula is C33H21NO. The minimum atomic E-state index is -2.71. The van der Waals surface area contributed by atoms with Crippen LogP contribution in [0.5, 0.6) is 0 Å². The van der Waals surface area contributed by atoms with Gasteiger partial charge in [-0.15, -0.1) is 0 Å². The monoisotopic (exact) mass is 453 g/mol. The summed E-state index contributed by atoms with van der Waals surface area (Å²) in [5.74, 6) is 0. The highest BCUT2D eigenvalue weighted by Gasteiger charge is 2.19. The van der Waals surface area contributed by atoms with E-state index in [4.69, 9.17) is 12.6 Å². The third kappa shape index (κ3) is 2.36. The number of fused-ring (bicyclic) bond motifs is 14. The minimum absolute atomic E-state index is 0.207. The van der Waals surface area contributed by atoms with Gasteiger partial charge in [-0.05, 0) is 63.9 Å². The zero-order valence-corrected chi connectivity index (χ0v) is 18.5. The number of pyridine rings is 1. The van der Waals surface area contributed by atoms with Gasteiger partial charge in [-0.1, -0.05) is 72.8 Å². The van der Waals surface area contributed by atoms with Crippen molar-refractivity contribution < 1.29 is 12.6 Å². The Kier molecular flexibility index (Phi) is 2.65. The molecule has 2 nitrogen and oxygen atoms in total. The van der Waals surface area contributed by atoms with E-state index in [1.54, 1.807) is 0 Å². The van der Waals surface area contributed by atoms with E-state index in [0.29, 0.717) is 27.5 Å². The summed E-state index contributed by atoms with van der Waals surface area (Å²) in [4.78, 5) is 4.60. The van der Waals surface area contributed by atoms with Crippen LogP contribution in [0.3, 0.4) is 0 Å². The Morgan fingerprint density at radius 2 is 1.26 bits per heavy atom. The summed E-state index contributed by atoms with van der Waals surface area (Å²) in [6, 6.07) is 28.1. The normalized spacial score (nSPS) is 15.5. The molecule has 8 rings (SSSR count). The van der Waals surface area contributed by atoms with Crippen molar-refractivity contribution in [3.05, 3.63) is 102 Å². The van der Waals surface area contributed by atoms with Gasteiger partial charge in [-0.25, -0.2) is 0 Å². The van der Waals surface area contributed by atoms with Gasteiger partial charge in [0.1, 0.15) is 11.2 Å². The van der Waals surface area contributed by atoms with E-state index >= 15 is 0 Å². The molecule has 0 aliphatic carbocycles. The van der Waals surface area contributed by atoms with E-state index in [9.17, 15) is 0 Å². The number of hydrogen-bond donors (Lipinski definition) is 0. The van der Waals surface area contributed by atoms with Crippen LogP contribution in [0, 0.1) is 13.7 Å². The standard InChI is InChI=1S/C33H21NO/c1-18-17-34-31-25-10-6-5-9-23(25)24-15-16-27-26-14-13-21-12-11-20-7-3-4-8-22(20)29(21)32(26)35-33(27)30(24)28(31)19(18)2/h3-17H,1-2H3/i1D3,2D3. The van der Waals surface area contributed by atoms with Crippen LogP contribution >= 0.6 is 0 Å². The van der Waals surface area contributed by atoms with Crippen molar-refractivity contribution in [1.29, 1.82) is 0 Å². The highest BCUT2D eigenvalue weighted by Crippen LogP contribution is 2.44. The van der Waals surface area contributed by atoms with Crippen LogP contribution in [0.4, 0.5) is 0 Å². The number of rotatable bonds is 0. The summed E-state index contributed by atoms with van der Waals surface area (Å²) in [5.41, 5.74) is 1.19. The molecule has 0 aliphatic rings. The number of benzene rings is 6. The second-order valence-corrected chi connectivity index (χ2v) is 9.11. The van der Waals surface area contributed by atoms with E-state index in [1.165, 1.54) is 6.20 Å². The Bertz CT molecular complexity index is 2400. The molecule has 0 spiro atoms. The van der Waals surface area contributed by atoms with Crippen molar-refractivity contribution in [2.45, 2.75) is 13.7 Å². The lowest BCUT2D eigenvalue weighted by atomic mass is 9.92. The maximum Gasteiger partial charge on any atom is 0.143 e. The third-order valence-electron chi connectivity index (χ3n) is 7.32. The highest BCUT2D eigenvalue weighted by atomic mass is 16.3. The average Bonchev–Trinajstić information content (AvgIpc) is 3.34. The van der Waals surface area contributed by atoms with Crippen LogP contribution in [0.15, 0.2) is 95.5 Å². The van der Waals surface area contributed by atoms with Crippen LogP contribution < -0.4 is 0 Å². The van der Waals surface area contributed by atoms with Gasteiger partial charge >= 0.3 is 0 Å². The molecule has 6 aromatic carbocycles. The van der Waals surface area contributed by atoms with Gasteiger partial charge in [0.15, 0.2) is 0 Å². The summed E-state index contributed by atoms with van der Waals surface area (Å²) in [6.07, 6.45) is 1.20. The first-order chi connectivity index (χ1) is 19.6. The number of hydrogen-bond acceptors (Lipinski definition) is 2. The lowest BCUT2D eigenvalue weighted by Crippen LogP contribution is -1.92. The van der Waals surface area contributed by atoms with Crippen molar-refractivity contribution >= 4 is 75.9 Å². The predicted molar refractivity (Wildman–Crippen MR) is 149 cm³/mol. The number of aromatic nitrogens is 1. The second-order valence-electron chi connectivity index (χ2n) is 9.11. The van der Waals surface area contributed by atoms with Crippen LogP contribution in [0.1, 0.15) is 19.4 Å². The summed E-state index contributed by atoms with van der Waals surface area (Å²) >= 11 is 0. The smallest absolute Gasteiger partial charge is 0.143 e. The van der Waals surface area contributed by atoms with Crippen LogP contribution in [-0.4, -0.2) is 4.98 Å². The molecule has 0 unspecified atom stereocenters. The van der Waals surface area contributed by atoms with Gasteiger partial charge in [-0.3, -0.25) is 4.98 Å². The van der Waals surface area contributed by atoms with Gasteiger partial charge in [0.25, 0.3) is 0 Å². The van der Waals surface area contributed by atoms with Gasteiger partial charge in [0.2, 0.25) is 0 Å². The Morgan fingerprint density at radius 1 is 0.571 bits per heavy atom. The first-order valence-electron chi connectivity index (χ1n) is 14.6. The van der Waals surface area contributed by atoms with E-state index in [2.05, 4.69) is 35.3 Å². The van der Waals surface area contributed by atoms with Crippen LogP contribution in [-0.2, 0) is 0 Å². The lowest BCUT2D eigenvalue weighted by molar-refractivity contribution is 0.677. The average molecular weight is 454 g/mol. The second kappa shape index (κ2) is 6.58. The van der Waals surface area contributed by atoms with E-state index in [-0.39, 0.29) is 11.1 Å². The Hall–Kier alpha value is -4.43. The molecule has 2 heteroatoms. The first-order valence-corrected chi connectivity index (χ1v) is 11.6. The maximum absolute atomic E-state index is 8.50. The Labute approximate surface area is 209 Å². The first kappa shape index (κ1) is 14.1.